The predicted octanol–water partition coefficient (Wildman–Crippen LogP) is 11.9. The second-order valence-corrected chi connectivity index (χ2v) is 22.4. The summed E-state index contributed by atoms with van der Waals surface area (Å²) in [6, 6.07) is 0. The van der Waals surface area contributed by atoms with Crippen molar-refractivity contribution in [1.29, 1.82) is 0 Å². The highest BCUT2D eigenvalue weighted by molar-refractivity contribution is 5.98. The van der Waals surface area contributed by atoms with Crippen LogP contribution in [-0.2, 0) is 42.9 Å². The number of ether oxygens (including phenoxy) is 4. The summed E-state index contributed by atoms with van der Waals surface area (Å²) in [5, 5.41) is 11.5. The molecular weight excluding hydrogens is 809 g/mol. The van der Waals surface area contributed by atoms with Crippen LogP contribution in [-0.4, -0.2) is 58.4 Å². The third-order valence-corrected chi connectivity index (χ3v) is 19.0. The van der Waals surface area contributed by atoms with Crippen molar-refractivity contribution in [2.24, 2.45) is 100 Å². The van der Waals surface area contributed by atoms with Crippen molar-refractivity contribution in [2.75, 3.05) is 6.61 Å². The molecule has 13 atom stereocenters. The molecule has 64 heavy (non-hydrogen) atoms. The van der Waals surface area contributed by atoms with E-state index in [0.29, 0.717) is 50.0 Å². The Kier molecular flexibility index (Phi) is 17.7. The van der Waals surface area contributed by atoms with Gasteiger partial charge in [0, 0.05) is 17.8 Å². The summed E-state index contributed by atoms with van der Waals surface area (Å²) in [4.78, 5) is 69.6. The van der Waals surface area contributed by atoms with Crippen LogP contribution in [0.5, 0.6) is 0 Å². The summed E-state index contributed by atoms with van der Waals surface area (Å²) < 4.78 is 24.4. The zero-order valence-corrected chi connectivity index (χ0v) is 34.2. The average Bonchev–Trinajstić information content (AvgIpc) is 3.82. The SMILES string of the molecule is C.C.C.C.C.C.C.C.CC1C(=O)OC(=O)C1C(CC(CC1C(C)C2CC1C1COC(=O)C21)C(=O)OC(C)(C(C)C)C12CC3CC(CC(C3)C1)C2)C(=O)OC12CC3CC(CC(O)(C3)C1)C2. The smallest absolute Gasteiger partial charge is 0.318 e. The molecule has 2 saturated heterocycles. The maximum atomic E-state index is 15.3. The second-order valence-electron chi connectivity index (χ2n) is 22.4. The van der Waals surface area contributed by atoms with Crippen molar-refractivity contribution in [2.45, 2.75) is 207 Å². The van der Waals surface area contributed by atoms with Crippen molar-refractivity contribution in [3.05, 3.63) is 0 Å². The lowest BCUT2D eigenvalue weighted by Gasteiger charge is -2.63. The number of cyclic esters (lactones) is 3. The van der Waals surface area contributed by atoms with Crippen LogP contribution >= 0.6 is 0 Å². The van der Waals surface area contributed by atoms with E-state index in [2.05, 4.69) is 27.7 Å². The predicted molar refractivity (Wildman–Crippen MR) is 254 cm³/mol. The number of rotatable bonds is 11. The van der Waals surface area contributed by atoms with Gasteiger partial charge in [0.15, 0.2) is 0 Å². The van der Waals surface area contributed by atoms with E-state index >= 15 is 4.79 Å². The van der Waals surface area contributed by atoms with Gasteiger partial charge in [-0.15, -0.1) is 0 Å². The van der Waals surface area contributed by atoms with Crippen LogP contribution in [0, 0.1) is 100 Å². The highest BCUT2D eigenvalue weighted by Crippen LogP contribution is 2.67. The van der Waals surface area contributed by atoms with Gasteiger partial charge in [-0.25, -0.2) is 0 Å². The summed E-state index contributed by atoms with van der Waals surface area (Å²) in [6.07, 6.45) is 12.7. The van der Waals surface area contributed by atoms with Gasteiger partial charge in [-0.3, -0.25) is 24.0 Å². The number of carbonyl (C=O) groups is 5. The first-order valence-corrected chi connectivity index (χ1v) is 22.6. The van der Waals surface area contributed by atoms with Crippen LogP contribution in [0.4, 0.5) is 0 Å². The fourth-order valence-electron chi connectivity index (χ4n) is 17.0. The van der Waals surface area contributed by atoms with Crippen LogP contribution < -0.4 is 0 Å². The molecule has 0 aromatic carbocycles. The molecule has 0 radical (unpaired) electrons. The molecule has 10 saturated carbocycles. The summed E-state index contributed by atoms with van der Waals surface area (Å²) >= 11 is 0. The standard InChI is InChI=1S/C46H64O10.8CH4/c1-22(2)43(5,44-13-25-6-26(14-44)8-27(7-25)15-44)55-39(48)30(10-31-23(3)32-12-33(31)35-20-53-41(50)37(32)35)11-34(36-24(4)38(47)54-42(36)51)40(49)56-46-18-28-9-29(19-46)17-45(52,16-28)21-46;;;;;;;;/h22-37,52H,6-21H2,1-5H3;8*1H4. The Morgan fingerprint density at radius 3 is 1.77 bits per heavy atom. The molecule has 2 heterocycles. The molecule has 10 aliphatic carbocycles. The van der Waals surface area contributed by atoms with Crippen molar-refractivity contribution < 1.29 is 48.0 Å². The van der Waals surface area contributed by atoms with Crippen LogP contribution in [0.2, 0.25) is 0 Å². The molecule has 12 aliphatic rings. The van der Waals surface area contributed by atoms with Gasteiger partial charge in [-0.2, -0.15) is 0 Å². The van der Waals surface area contributed by atoms with Crippen molar-refractivity contribution in [1.82, 2.24) is 0 Å². The molecule has 10 heteroatoms. The summed E-state index contributed by atoms with van der Waals surface area (Å²) in [5.74, 6) is -2.78. The lowest BCUT2D eigenvalue weighted by molar-refractivity contribution is -0.225. The Hall–Kier alpha value is -2.49. The lowest BCUT2D eigenvalue weighted by atomic mass is 9.44. The van der Waals surface area contributed by atoms with Gasteiger partial charge in [-0.05, 0) is 156 Å². The van der Waals surface area contributed by atoms with Gasteiger partial charge in [0.05, 0.1) is 41.8 Å². The van der Waals surface area contributed by atoms with Gasteiger partial charge in [0.25, 0.3) is 0 Å². The molecule has 372 valence electrons. The number of hydrogen-bond donors (Lipinski definition) is 1. The second kappa shape index (κ2) is 19.6. The summed E-state index contributed by atoms with van der Waals surface area (Å²) in [5.41, 5.74) is -2.49. The Morgan fingerprint density at radius 2 is 1.27 bits per heavy atom. The number of fused-ring (bicyclic) bond motifs is 5. The number of hydrogen-bond acceptors (Lipinski definition) is 10. The maximum absolute atomic E-state index is 15.3. The van der Waals surface area contributed by atoms with Crippen molar-refractivity contribution in [3.8, 4) is 0 Å². The van der Waals surface area contributed by atoms with Crippen LogP contribution in [0.15, 0.2) is 0 Å². The van der Waals surface area contributed by atoms with Crippen molar-refractivity contribution in [3.63, 3.8) is 0 Å². The first-order valence-electron chi connectivity index (χ1n) is 22.6. The molecule has 10 nitrogen and oxygen atoms in total. The molecular formula is C54H96O10. The van der Waals surface area contributed by atoms with E-state index in [9.17, 15) is 24.3 Å². The average molecular weight is 905 g/mol. The Labute approximate surface area is 390 Å². The highest BCUT2D eigenvalue weighted by atomic mass is 16.6. The fraction of sp³-hybridized carbons (Fsp3) is 0.907. The number of esters is 5. The van der Waals surface area contributed by atoms with Crippen molar-refractivity contribution >= 4 is 29.8 Å². The first kappa shape index (κ1) is 57.6. The Bertz CT molecular complexity index is 1650. The van der Waals surface area contributed by atoms with Crippen LogP contribution in [0.25, 0.3) is 0 Å². The molecule has 0 aromatic rings. The zero-order valence-electron chi connectivity index (χ0n) is 34.2. The molecule has 2 aliphatic heterocycles. The van der Waals surface area contributed by atoms with Gasteiger partial charge in [0.1, 0.15) is 11.2 Å². The minimum absolute atomic E-state index is 0. The number of aliphatic hydroxyl groups is 1. The van der Waals surface area contributed by atoms with Crippen LogP contribution in [0.1, 0.15) is 190 Å². The van der Waals surface area contributed by atoms with Gasteiger partial charge in [0.2, 0.25) is 0 Å². The minimum atomic E-state index is -1.09. The maximum Gasteiger partial charge on any atom is 0.318 e. The minimum Gasteiger partial charge on any atom is -0.465 e. The lowest BCUT2D eigenvalue weighted by Crippen LogP contribution is -2.61. The first-order chi connectivity index (χ1) is 26.5. The molecule has 12 fully saturated rings. The Balaban J connectivity index is 0.00000176. The van der Waals surface area contributed by atoms with Gasteiger partial charge >= 0.3 is 29.8 Å². The van der Waals surface area contributed by atoms with Gasteiger partial charge < -0.3 is 24.1 Å². The van der Waals surface area contributed by atoms with Gasteiger partial charge in [-0.1, -0.05) is 87.1 Å². The van der Waals surface area contributed by atoms with E-state index in [4.69, 9.17) is 18.9 Å². The third-order valence-electron chi connectivity index (χ3n) is 19.0. The Morgan fingerprint density at radius 1 is 0.719 bits per heavy atom. The molecule has 0 spiro atoms. The third kappa shape index (κ3) is 8.76. The molecule has 0 aromatic heterocycles. The summed E-state index contributed by atoms with van der Waals surface area (Å²) in [6.45, 7) is 10.8. The zero-order chi connectivity index (χ0) is 39.3. The normalized spacial score (nSPS) is 43.6. The molecule has 1 N–H and O–H groups in total. The fourth-order valence-corrected chi connectivity index (χ4v) is 17.0. The molecule has 12 rings (SSSR count). The van der Waals surface area contributed by atoms with E-state index in [1.54, 1.807) is 6.92 Å². The largest absolute Gasteiger partial charge is 0.465 e. The highest BCUT2D eigenvalue weighted by Gasteiger charge is 2.65. The monoisotopic (exact) mass is 905 g/mol. The van der Waals surface area contributed by atoms with E-state index < -0.39 is 58.4 Å². The quantitative estimate of drug-likeness (QED) is 0.121. The molecule has 0 amide bonds. The van der Waals surface area contributed by atoms with E-state index in [-0.39, 0.29) is 136 Å². The van der Waals surface area contributed by atoms with E-state index in [0.717, 1.165) is 44.9 Å². The number of carbonyl (C=O) groups excluding carboxylic acids is 5. The van der Waals surface area contributed by atoms with E-state index in [1.165, 1.54) is 19.3 Å². The van der Waals surface area contributed by atoms with E-state index in [1.807, 2.05) is 0 Å². The molecule has 13 unspecified atom stereocenters. The summed E-state index contributed by atoms with van der Waals surface area (Å²) in [7, 11) is 0. The molecule has 10 bridgehead atoms. The van der Waals surface area contributed by atoms with Crippen LogP contribution in [0.3, 0.4) is 0 Å². The topological polar surface area (TPSA) is 143 Å².